The molecule has 120 valence electrons. The molecule has 0 aliphatic carbocycles. The molecule has 0 bridgehead atoms. The molecule has 22 heavy (non-hydrogen) atoms. The zero-order valence-electron chi connectivity index (χ0n) is 12.7. The van der Waals surface area contributed by atoms with E-state index < -0.39 is 5.97 Å². The van der Waals surface area contributed by atoms with Crippen molar-refractivity contribution in [3.63, 3.8) is 0 Å². The number of carbonyl (C=O) groups excluding carboxylic acids is 1. The van der Waals surface area contributed by atoms with Gasteiger partial charge in [0.25, 0.3) is 0 Å². The second kappa shape index (κ2) is 8.83. The van der Waals surface area contributed by atoms with E-state index in [2.05, 4.69) is 17.4 Å². The third-order valence-corrected chi connectivity index (χ3v) is 5.12. The third kappa shape index (κ3) is 5.37. The summed E-state index contributed by atoms with van der Waals surface area (Å²) in [5.74, 6) is -0.589. The monoisotopic (exact) mass is 321 g/mol. The van der Waals surface area contributed by atoms with E-state index in [1.807, 2.05) is 12.1 Å². The van der Waals surface area contributed by atoms with Crippen molar-refractivity contribution in [1.29, 1.82) is 0 Å². The van der Waals surface area contributed by atoms with Gasteiger partial charge in [0, 0.05) is 17.9 Å². The van der Waals surface area contributed by atoms with Gasteiger partial charge in [0.05, 0.1) is 5.25 Å². The van der Waals surface area contributed by atoms with Crippen molar-refractivity contribution in [3.05, 3.63) is 29.8 Å². The first-order valence-corrected chi connectivity index (χ1v) is 8.79. The van der Waals surface area contributed by atoms with E-state index in [0.29, 0.717) is 6.54 Å². The lowest BCUT2D eigenvalue weighted by atomic mass is 10.1. The molecule has 0 spiro atoms. The van der Waals surface area contributed by atoms with E-state index in [9.17, 15) is 9.59 Å². The molecule has 1 atom stereocenters. The van der Waals surface area contributed by atoms with Crippen molar-refractivity contribution in [3.8, 4) is 0 Å². The minimum Gasteiger partial charge on any atom is -0.481 e. The maximum absolute atomic E-state index is 12.1. The van der Waals surface area contributed by atoms with Crippen LogP contribution in [0.3, 0.4) is 0 Å². The Kier molecular flexibility index (Phi) is 6.77. The summed E-state index contributed by atoms with van der Waals surface area (Å²) < 4.78 is 0. The van der Waals surface area contributed by atoms with Crippen LogP contribution in [0.2, 0.25) is 0 Å². The van der Waals surface area contributed by atoms with E-state index in [-0.39, 0.29) is 17.6 Å². The summed E-state index contributed by atoms with van der Waals surface area (Å²) in [7, 11) is 0. The molecule has 0 aromatic heterocycles. The lowest BCUT2D eigenvalue weighted by Gasteiger charge is -2.09. The number of thioether (sulfide) groups is 1. The first kappa shape index (κ1) is 16.9. The number of fused-ring (bicyclic) bond motifs is 1. The summed E-state index contributed by atoms with van der Waals surface area (Å²) >= 11 is 1.65. The molecule has 1 aliphatic heterocycles. The summed E-state index contributed by atoms with van der Waals surface area (Å²) in [6, 6.07) is 8.19. The highest BCUT2D eigenvalue weighted by atomic mass is 32.2. The summed E-state index contributed by atoms with van der Waals surface area (Å²) in [5.41, 5.74) is 1.27. The predicted molar refractivity (Wildman–Crippen MR) is 88.1 cm³/mol. The SMILES string of the molecule is O=C(O)CCCCCCCNC(=O)C1Cc2ccccc2S1. The predicted octanol–water partition coefficient (Wildman–Crippen LogP) is 3.24. The minimum atomic E-state index is -0.720. The van der Waals surface area contributed by atoms with Crippen molar-refractivity contribution in [2.75, 3.05) is 6.54 Å². The molecule has 1 amide bonds. The molecule has 1 aromatic carbocycles. The van der Waals surface area contributed by atoms with E-state index in [1.165, 1.54) is 10.5 Å². The van der Waals surface area contributed by atoms with Crippen molar-refractivity contribution in [2.24, 2.45) is 0 Å². The van der Waals surface area contributed by atoms with Crippen molar-refractivity contribution < 1.29 is 14.7 Å². The number of hydrogen-bond acceptors (Lipinski definition) is 3. The second-order valence-corrected chi connectivity index (χ2v) is 6.87. The molecule has 1 aliphatic rings. The molecule has 1 aromatic rings. The van der Waals surface area contributed by atoms with Crippen LogP contribution in [-0.2, 0) is 16.0 Å². The third-order valence-electron chi connectivity index (χ3n) is 3.81. The number of nitrogens with one attached hydrogen (secondary N) is 1. The smallest absolute Gasteiger partial charge is 0.303 e. The summed E-state index contributed by atoms with van der Waals surface area (Å²) in [6.07, 6.45) is 5.82. The maximum atomic E-state index is 12.1. The first-order valence-electron chi connectivity index (χ1n) is 7.91. The number of amides is 1. The van der Waals surface area contributed by atoms with E-state index in [1.54, 1.807) is 11.8 Å². The van der Waals surface area contributed by atoms with Gasteiger partial charge in [-0.05, 0) is 30.9 Å². The number of unbranched alkanes of at least 4 members (excludes halogenated alkanes) is 4. The maximum Gasteiger partial charge on any atom is 0.303 e. The number of carboxylic acids is 1. The van der Waals surface area contributed by atoms with Crippen molar-refractivity contribution in [1.82, 2.24) is 5.32 Å². The van der Waals surface area contributed by atoms with Crippen LogP contribution in [0.4, 0.5) is 0 Å². The average molecular weight is 321 g/mol. The Balaban J connectivity index is 1.53. The number of benzene rings is 1. The lowest BCUT2D eigenvalue weighted by molar-refractivity contribution is -0.137. The van der Waals surface area contributed by atoms with Gasteiger partial charge in [-0.25, -0.2) is 0 Å². The molecular weight excluding hydrogens is 298 g/mol. The zero-order chi connectivity index (χ0) is 15.8. The lowest BCUT2D eigenvalue weighted by Crippen LogP contribution is -2.33. The summed E-state index contributed by atoms with van der Waals surface area (Å²) in [5, 5.41) is 11.6. The molecule has 0 fully saturated rings. The van der Waals surface area contributed by atoms with E-state index >= 15 is 0 Å². The van der Waals surface area contributed by atoms with Crippen LogP contribution in [0, 0.1) is 0 Å². The van der Waals surface area contributed by atoms with Gasteiger partial charge >= 0.3 is 5.97 Å². The fourth-order valence-electron chi connectivity index (χ4n) is 2.59. The zero-order valence-corrected chi connectivity index (χ0v) is 13.5. The van der Waals surface area contributed by atoms with Crippen molar-refractivity contribution in [2.45, 2.75) is 55.1 Å². The highest BCUT2D eigenvalue weighted by Crippen LogP contribution is 2.36. The Morgan fingerprint density at radius 3 is 2.64 bits per heavy atom. The van der Waals surface area contributed by atoms with Crippen LogP contribution in [0.25, 0.3) is 0 Å². The topological polar surface area (TPSA) is 66.4 Å². The van der Waals surface area contributed by atoms with E-state index in [0.717, 1.165) is 38.5 Å². The quantitative estimate of drug-likeness (QED) is 0.685. The molecule has 0 radical (unpaired) electrons. The summed E-state index contributed by atoms with van der Waals surface area (Å²) in [4.78, 5) is 23.7. The Morgan fingerprint density at radius 2 is 1.86 bits per heavy atom. The first-order chi connectivity index (χ1) is 10.7. The van der Waals surface area contributed by atoms with Crippen LogP contribution >= 0.6 is 11.8 Å². The Morgan fingerprint density at radius 1 is 1.14 bits per heavy atom. The molecule has 2 N–H and O–H groups in total. The molecule has 5 heteroatoms. The van der Waals surface area contributed by atoms with Gasteiger partial charge in [-0.2, -0.15) is 0 Å². The van der Waals surface area contributed by atoms with Crippen LogP contribution in [-0.4, -0.2) is 28.8 Å². The van der Waals surface area contributed by atoms with Crippen LogP contribution in [0.15, 0.2) is 29.2 Å². The van der Waals surface area contributed by atoms with Crippen LogP contribution in [0.1, 0.15) is 44.1 Å². The summed E-state index contributed by atoms with van der Waals surface area (Å²) in [6.45, 7) is 0.713. The Labute approximate surface area is 135 Å². The highest BCUT2D eigenvalue weighted by molar-refractivity contribution is 8.01. The van der Waals surface area contributed by atoms with Gasteiger partial charge in [0.1, 0.15) is 0 Å². The van der Waals surface area contributed by atoms with Gasteiger partial charge in [-0.15, -0.1) is 11.8 Å². The Hall–Kier alpha value is -1.49. The molecular formula is C17H23NO3S. The number of carbonyl (C=O) groups is 2. The fourth-order valence-corrected chi connectivity index (χ4v) is 3.80. The van der Waals surface area contributed by atoms with Crippen molar-refractivity contribution >= 4 is 23.6 Å². The average Bonchev–Trinajstić information content (AvgIpc) is 2.93. The fraction of sp³-hybridized carbons (Fsp3) is 0.529. The highest BCUT2D eigenvalue weighted by Gasteiger charge is 2.27. The molecule has 1 heterocycles. The Bertz CT molecular complexity index is 493. The number of carboxylic acid groups (broad SMARTS) is 1. The number of rotatable bonds is 9. The molecule has 2 rings (SSSR count). The normalized spacial score (nSPS) is 16.3. The second-order valence-electron chi connectivity index (χ2n) is 5.62. The van der Waals surface area contributed by atoms with Crippen LogP contribution in [0.5, 0.6) is 0 Å². The van der Waals surface area contributed by atoms with Gasteiger partial charge < -0.3 is 10.4 Å². The molecule has 4 nitrogen and oxygen atoms in total. The molecule has 0 saturated heterocycles. The van der Waals surface area contributed by atoms with Gasteiger partial charge in [-0.1, -0.05) is 37.5 Å². The van der Waals surface area contributed by atoms with Gasteiger partial charge in [0.15, 0.2) is 0 Å². The van der Waals surface area contributed by atoms with Gasteiger partial charge in [-0.3, -0.25) is 9.59 Å². The van der Waals surface area contributed by atoms with E-state index in [4.69, 9.17) is 5.11 Å². The molecule has 0 saturated carbocycles. The van der Waals surface area contributed by atoms with Crippen LogP contribution < -0.4 is 5.32 Å². The van der Waals surface area contributed by atoms with Gasteiger partial charge in [0.2, 0.25) is 5.91 Å². The minimum absolute atomic E-state index is 0.00738. The number of aliphatic carboxylic acids is 1. The largest absolute Gasteiger partial charge is 0.481 e. The standard InChI is InChI=1S/C17H23NO3S/c19-16(20)10-4-2-1-3-7-11-18-17(21)15-12-13-8-5-6-9-14(13)22-15/h5-6,8-9,15H,1-4,7,10-12H2,(H,18,21)(H,19,20). The molecule has 1 unspecified atom stereocenters. The number of hydrogen-bond donors (Lipinski definition) is 2.